The van der Waals surface area contributed by atoms with Crippen molar-refractivity contribution in [1.29, 1.82) is 0 Å². The number of benzene rings is 1. The quantitative estimate of drug-likeness (QED) is 0.812. The van der Waals surface area contributed by atoms with Gasteiger partial charge in [0.05, 0.1) is 12.1 Å². The molecule has 5 nitrogen and oxygen atoms in total. The Labute approximate surface area is 110 Å². The van der Waals surface area contributed by atoms with Crippen LogP contribution < -0.4 is 16.4 Å². The first kappa shape index (κ1) is 13.1. The number of halogens is 1. The fourth-order valence-electron chi connectivity index (χ4n) is 2.06. The van der Waals surface area contributed by atoms with Gasteiger partial charge in [0.15, 0.2) is 5.82 Å². The zero-order valence-corrected chi connectivity index (χ0v) is 10.6. The van der Waals surface area contributed by atoms with E-state index in [2.05, 4.69) is 4.98 Å². The third-order valence-electron chi connectivity index (χ3n) is 2.90. The van der Waals surface area contributed by atoms with Gasteiger partial charge in [-0.25, -0.2) is 4.39 Å². The molecule has 2 rings (SSSR count). The molecule has 1 aromatic carbocycles. The Hall–Kier alpha value is -2.37. The van der Waals surface area contributed by atoms with Crippen molar-refractivity contribution in [1.82, 2.24) is 4.98 Å². The molecule has 0 atom stereocenters. The van der Waals surface area contributed by atoms with Gasteiger partial charge in [-0.3, -0.25) is 9.78 Å². The minimum Gasteiger partial charge on any atom is -0.398 e. The topological polar surface area (TPSA) is 85.2 Å². The van der Waals surface area contributed by atoms with E-state index in [9.17, 15) is 9.18 Å². The molecule has 0 bridgehead atoms. The van der Waals surface area contributed by atoms with Crippen molar-refractivity contribution in [3.8, 4) is 0 Å². The van der Waals surface area contributed by atoms with E-state index in [1.807, 2.05) is 6.92 Å². The van der Waals surface area contributed by atoms with E-state index in [0.29, 0.717) is 23.1 Å². The lowest BCUT2D eigenvalue weighted by Gasteiger charge is -2.23. The van der Waals surface area contributed by atoms with Crippen LogP contribution in [0.15, 0.2) is 24.4 Å². The summed E-state index contributed by atoms with van der Waals surface area (Å²) in [6.07, 6.45) is 1.56. The van der Waals surface area contributed by atoms with Crippen LogP contribution in [0.5, 0.6) is 0 Å². The third kappa shape index (κ3) is 2.42. The van der Waals surface area contributed by atoms with Gasteiger partial charge in [0.1, 0.15) is 5.69 Å². The van der Waals surface area contributed by atoms with Gasteiger partial charge in [0.25, 0.3) is 0 Å². The van der Waals surface area contributed by atoms with Crippen molar-refractivity contribution in [2.24, 2.45) is 5.73 Å². The summed E-state index contributed by atoms with van der Waals surface area (Å²) in [6, 6.07) is 4.73. The maximum Gasteiger partial charge on any atom is 0.236 e. The molecule has 4 N–H and O–H groups in total. The minimum atomic E-state index is -0.526. The minimum absolute atomic E-state index is 0.0665. The van der Waals surface area contributed by atoms with Crippen LogP contribution in [0, 0.1) is 5.82 Å². The Kier molecular flexibility index (Phi) is 3.50. The van der Waals surface area contributed by atoms with Crippen LogP contribution >= 0.6 is 0 Å². The molecule has 0 aliphatic rings. The number of aromatic nitrogens is 1. The molecule has 2 aromatic rings. The summed E-state index contributed by atoms with van der Waals surface area (Å²) in [5.74, 6) is -1.03. The molecule has 0 saturated heterocycles. The highest BCUT2D eigenvalue weighted by atomic mass is 19.1. The van der Waals surface area contributed by atoms with Gasteiger partial charge in [0, 0.05) is 23.8 Å². The summed E-state index contributed by atoms with van der Waals surface area (Å²) in [7, 11) is 0. The van der Waals surface area contributed by atoms with Crippen molar-refractivity contribution in [3.63, 3.8) is 0 Å². The Morgan fingerprint density at radius 1 is 1.53 bits per heavy atom. The van der Waals surface area contributed by atoms with E-state index in [-0.39, 0.29) is 12.2 Å². The molecule has 0 aliphatic heterocycles. The first-order valence-electron chi connectivity index (χ1n) is 5.90. The van der Waals surface area contributed by atoms with Crippen LogP contribution in [0.25, 0.3) is 10.9 Å². The van der Waals surface area contributed by atoms with Crippen molar-refractivity contribution < 1.29 is 9.18 Å². The lowest BCUT2D eigenvalue weighted by atomic mass is 10.1. The molecule has 0 fully saturated rings. The van der Waals surface area contributed by atoms with E-state index in [4.69, 9.17) is 11.5 Å². The fraction of sp³-hybridized carbons (Fsp3) is 0.231. The van der Waals surface area contributed by atoms with Gasteiger partial charge in [-0.15, -0.1) is 0 Å². The Bertz CT molecular complexity index is 629. The van der Waals surface area contributed by atoms with Gasteiger partial charge in [-0.2, -0.15) is 0 Å². The van der Waals surface area contributed by atoms with Crippen molar-refractivity contribution in [2.75, 3.05) is 23.7 Å². The Morgan fingerprint density at radius 3 is 2.89 bits per heavy atom. The van der Waals surface area contributed by atoms with E-state index < -0.39 is 11.7 Å². The van der Waals surface area contributed by atoms with Crippen molar-refractivity contribution in [2.45, 2.75) is 6.92 Å². The summed E-state index contributed by atoms with van der Waals surface area (Å²) in [5.41, 5.74) is 12.0. The lowest BCUT2D eigenvalue weighted by molar-refractivity contribution is -0.116. The predicted octanol–water partition coefficient (Wildman–Crippen LogP) is 1.27. The predicted molar refractivity (Wildman–Crippen MR) is 73.2 cm³/mol. The number of nitrogen functional groups attached to an aromatic ring is 1. The molecule has 1 heterocycles. The molecule has 0 saturated carbocycles. The zero-order valence-electron chi connectivity index (χ0n) is 10.6. The summed E-state index contributed by atoms with van der Waals surface area (Å²) >= 11 is 0. The number of nitrogens with zero attached hydrogens (tertiary/aromatic N) is 2. The van der Waals surface area contributed by atoms with E-state index in [1.54, 1.807) is 23.2 Å². The smallest absolute Gasteiger partial charge is 0.236 e. The number of pyridine rings is 1. The number of hydrogen-bond acceptors (Lipinski definition) is 4. The van der Waals surface area contributed by atoms with Crippen LogP contribution in [0.3, 0.4) is 0 Å². The van der Waals surface area contributed by atoms with Crippen LogP contribution in [0.4, 0.5) is 15.8 Å². The lowest BCUT2D eigenvalue weighted by Crippen LogP contribution is -2.34. The number of likely N-dealkylation sites (N-methyl/N-ethyl adjacent to an activating group) is 1. The summed E-state index contributed by atoms with van der Waals surface area (Å²) < 4.78 is 14.2. The Balaban J connectivity index is 2.67. The number of carbonyl (C=O) groups excluding carboxylic acids is 1. The van der Waals surface area contributed by atoms with Crippen LogP contribution in [0.2, 0.25) is 0 Å². The Morgan fingerprint density at radius 2 is 2.26 bits per heavy atom. The van der Waals surface area contributed by atoms with Crippen LogP contribution in [0.1, 0.15) is 6.92 Å². The maximum absolute atomic E-state index is 14.2. The second kappa shape index (κ2) is 5.09. The molecule has 0 spiro atoms. The first-order valence-corrected chi connectivity index (χ1v) is 5.90. The standard InChI is InChI=1S/C13H15FN4O/c1-2-18(7-11(16)19)13-9(14)6-10(15)8-4-3-5-17-12(8)13/h3-6H,2,7,15H2,1H3,(H2,16,19). The molecule has 19 heavy (non-hydrogen) atoms. The molecule has 6 heteroatoms. The van der Waals surface area contributed by atoms with E-state index >= 15 is 0 Å². The molecular weight excluding hydrogens is 247 g/mol. The number of nitrogens with two attached hydrogens (primary N) is 2. The number of amides is 1. The van der Waals surface area contributed by atoms with Gasteiger partial charge in [-0.05, 0) is 25.1 Å². The highest BCUT2D eigenvalue weighted by Crippen LogP contribution is 2.32. The molecule has 0 unspecified atom stereocenters. The molecule has 100 valence electrons. The van der Waals surface area contributed by atoms with Crippen molar-refractivity contribution >= 4 is 28.2 Å². The second-order valence-electron chi connectivity index (χ2n) is 4.18. The van der Waals surface area contributed by atoms with Crippen LogP contribution in [-0.2, 0) is 4.79 Å². The SMILES string of the molecule is CCN(CC(N)=O)c1c(F)cc(N)c2cccnc12. The molecular formula is C13H15FN4O. The van der Waals surface area contributed by atoms with Gasteiger partial charge in [-0.1, -0.05) is 0 Å². The maximum atomic E-state index is 14.2. The number of hydrogen-bond donors (Lipinski definition) is 2. The summed E-state index contributed by atoms with van der Waals surface area (Å²) in [6.45, 7) is 2.19. The zero-order chi connectivity index (χ0) is 14.0. The number of rotatable bonds is 4. The average molecular weight is 262 g/mol. The van der Waals surface area contributed by atoms with E-state index in [1.165, 1.54) is 6.07 Å². The molecule has 0 radical (unpaired) electrons. The summed E-state index contributed by atoms with van der Waals surface area (Å²) in [4.78, 5) is 16.8. The number of carbonyl (C=O) groups is 1. The number of anilines is 2. The second-order valence-corrected chi connectivity index (χ2v) is 4.18. The van der Waals surface area contributed by atoms with E-state index in [0.717, 1.165) is 0 Å². The highest BCUT2D eigenvalue weighted by molar-refractivity contribution is 5.99. The van der Waals surface area contributed by atoms with Crippen LogP contribution in [-0.4, -0.2) is 24.0 Å². The largest absolute Gasteiger partial charge is 0.398 e. The molecule has 1 amide bonds. The number of primary amides is 1. The van der Waals surface area contributed by atoms with Gasteiger partial charge < -0.3 is 16.4 Å². The highest BCUT2D eigenvalue weighted by Gasteiger charge is 2.18. The first-order chi connectivity index (χ1) is 9.04. The normalized spacial score (nSPS) is 10.6. The monoisotopic (exact) mass is 262 g/mol. The molecule has 0 aliphatic carbocycles. The third-order valence-corrected chi connectivity index (χ3v) is 2.90. The molecule has 1 aromatic heterocycles. The fourth-order valence-corrected chi connectivity index (χ4v) is 2.06. The van der Waals surface area contributed by atoms with Gasteiger partial charge in [0.2, 0.25) is 5.91 Å². The van der Waals surface area contributed by atoms with Crippen molar-refractivity contribution in [3.05, 3.63) is 30.2 Å². The average Bonchev–Trinajstić information content (AvgIpc) is 2.37. The van der Waals surface area contributed by atoms with Gasteiger partial charge >= 0.3 is 0 Å². The summed E-state index contributed by atoms with van der Waals surface area (Å²) in [5, 5.41) is 0.654. The number of fused-ring (bicyclic) bond motifs is 1.